The van der Waals surface area contributed by atoms with Gasteiger partial charge in [0.25, 0.3) is 0 Å². The van der Waals surface area contributed by atoms with E-state index in [2.05, 4.69) is 34.9 Å². The molecule has 0 amide bonds. The van der Waals surface area contributed by atoms with E-state index in [0.717, 1.165) is 18.5 Å². The SMILES string of the molecule is Cc1cncc(CC(=O)c2cc(Oc3cncnc3)ccn2)n1.O=C(CC1CCCCC1)c1cc(Oc2cccnc2)ccn1. The van der Waals surface area contributed by atoms with Gasteiger partial charge in [0.2, 0.25) is 0 Å². The lowest BCUT2D eigenvalue weighted by Crippen LogP contribution is -2.13. The number of rotatable bonds is 10. The van der Waals surface area contributed by atoms with Crippen molar-refractivity contribution >= 4 is 11.6 Å². The minimum absolute atomic E-state index is 0.114. The van der Waals surface area contributed by atoms with Gasteiger partial charge >= 0.3 is 0 Å². The molecule has 1 saturated carbocycles. The molecule has 228 valence electrons. The molecule has 0 aromatic carbocycles. The highest BCUT2D eigenvalue weighted by molar-refractivity contribution is 5.96. The predicted molar refractivity (Wildman–Crippen MR) is 165 cm³/mol. The Morgan fingerprint density at radius 1 is 0.711 bits per heavy atom. The number of aryl methyl sites for hydroxylation is 1. The zero-order valence-corrected chi connectivity index (χ0v) is 25.0. The van der Waals surface area contributed by atoms with Crippen LogP contribution >= 0.6 is 0 Å². The molecule has 0 radical (unpaired) electrons. The predicted octanol–water partition coefficient (Wildman–Crippen LogP) is 6.61. The monoisotopic (exact) mass is 603 g/mol. The number of nitrogens with zero attached hydrogens (tertiary/aromatic N) is 7. The van der Waals surface area contributed by atoms with Crippen LogP contribution in [-0.2, 0) is 6.42 Å². The van der Waals surface area contributed by atoms with Crippen molar-refractivity contribution in [3.63, 3.8) is 0 Å². The van der Waals surface area contributed by atoms with Gasteiger partial charge in [-0.05, 0) is 37.1 Å². The first-order valence-electron chi connectivity index (χ1n) is 14.8. The van der Waals surface area contributed by atoms with Crippen molar-refractivity contribution in [1.82, 2.24) is 34.9 Å². The highest BCUT2D eigenvalue weighted by atomic mass is 16.5. The summed E-state index contributed by atoms with van der Waals surface area (Å²) in [5.41, 5.74) is 2.18. The van der Waals surface area contributed by atoms with Gasteiger partial charge < -0.3 is 9.47 Å². The molecular weight excluding hydrogens is 570 g/mol. The third kappa shape index (κ3) is 9.78. The van der Waals surface area contributed by atoms with Gasteiger partial charge in [0.05, 0.1) is 36.4 Å². The van der Waals surface area contributed by atoms with Gasteiger partial charge in [0, 0.05) is 49.5 Å². The van der Waals surface area contributed by atoms with Crippen molar-refractivity contribution in [2.24, 2.45) is 5.92 Å². The lowest BCUT2D eigenvalue weighted by atomic mass is 9.85. The quantitative estimate of drug-likeness (QED) is 0.159. The summed E-state index contributed by atoms with van der Waals surface area (Å²) in [6.07, 6.45) is 21.1. The minimum Gasteiger partial charge on any atom is -0.456 e. The summed E-state index contributed by atoms with van der Waals surface area (Å²) in [6, 6.07) is 10.4. The van der Waals surface area contributed by atoms with E-state index in [-0.39, 0.29) is 18.0 Å². The fraction of sp³-hybridized carbons (Fsp3) is 0.265. The molecule has 0 atom stereocenters. The van der Waals surface area contributed by atoms with Crippen molar-refractivity contribution in [1.29, 1.82) is 0 Å². The van der Waals surface area contributed by atoms with Gasteiger partial charge in [-0.2, -0.15) is 0 Å². The van der Waals surface area contributed by atoms with Gasteiger partial charge in [-0.1, -0.05) is 32.1 Å². The maximum Gasteiger partial charge on any atom is 0.187 e. The molecule has 0 spiro atoms. The van der Waals surface area contributed by atoms with Crippen molar-refractivity contribution in [2.45, 2.75) is 51.9 Å². The third-order valence-electron chi connectivity index (χ3n) is 7.02. The van der Waals surface area contributed by atoms with Crippen molar-refractivity contribution < 1.29 is 19.1 Å². The van der Waals surface area contributed by atoms with Crippen molar-refractivity contribution in [2.75, 3.05) is 0 Å². The first-order chi connectivity index (χ1) is 22.0. The number of pyridine rings is 3. The van der Waals surface area contributed by atoms with Crippen LogP contribution in [0, 0.1) is 12.8 Å². The summed E-state index contributed by atoms with van der Waals surface area (Å²) < 4.78 is 11.3. The largest absolute Gasteiger partial charge is 0.456 e. The van der Waals surface area contributed by atoms with Gasteiger partial charge in [-0.25, -0.2) is 9.97 Å². The van der Waals surface area contributed by atoms with Crippen LogP contribution in [0.1, 0.15) is 70.9 Å². The zero-order valence-electron chi connectivity index (χ0n) is 25.0. The Labute approximate surface area is 261 Å². The molecule has 11 nitrogen and oxygen atoms in total. The topological polar surface area (TPSA) is 143 Å². The molecule has 0 bridgehead atoms. The second kappa shape index (κ2) is 15.9. The molecule has 11 heteroatoms. The molecule has 0 saturated heterocycles. The fourth-order valence-corrected chi connectivity index (χ4v) is 4.89. The smallest absolute Gasteiger partial charge is 0.187 e. The van der Waals surface area contributed by atoms with Gasteiger partial charge in [-0.15, -0.1) is 0 Å². The van der Waals surface area contributed by atoms with Crippen LogP contribution in [0.2, 0.25) is 0 Å². The van der Waals surface area contributed by atoms with E-state index in [9.17, 15) is 9.59 Å². The summed E-state index contributed by atoms with van der Waals surface area (Å²) in [7, 11) is 0. The van der Waals surface area contributed by atoms with Crippen LogP contribution < -0.4 is 9.47 Å². The number of ketones is 2. The summed E-state index contributed by atoms with van der Waals surface area (Å²) in [5, 5.41) is 0. The van der Waals surface area contributed by atoms with Crippen LogP contribution in [0.4, 0.5) is 0 Å². The molecule has 5 heterocycles. The Hall–Kier alpha value is -5.45. The zero-order chi connectivity index (χ0) is 31.3. The van der Waals surface area contributed by atoms with Gasteiger partial charge in [0.15, 0.2) is 17.3 Å². The molecule has 0 aliphatic heterocycles. The molecule has 1 aliphatic carbocycles. The van der Waals surface area contributed by atoms with Crippen LogP contribution in [0.3, 0.4) is 0 Å². The van der Waals surface area contributed by atoms with E-state index in [1.165, 1.54) is 44.2 Å². The molecule has 1 fully saturated rings. The van der Waals surface area contributed by atoms with Crippen LogP contribution in [0.15, 0.2) is 92.3 Å². The first-order valence-corrected chi connectivity index (χ1v) is 14.8. The number of aromatic nitrogens is 7. The average Bonchev–Trinajstić information content (AvgIpc) is 3.07. The standard InChI is InChI=1S/C18H20N2O2.C16H13N5O2/c21-18(11-14-5-2-1-3-6-14)17-12-15(8-10-20-17)22-16-7-4-9-19-13-16;1-11-6-17-7-12(21-11)4-16(22)15-5-13(2-3-20-15)23-14-8-18-10-19-9-14/h4,7-10,12-14H,1-3,5-6,11H2;2-3,5-10H,4H2,1H3. The van der Waals surface area contributed by atoms with E-state index >= 15 is 0 Å². The fourth-order valence-electron chi connectivity index (χ4n) is 4.89. The van der Waals surface area contributed by atoms with E-state index in [1.54, 1.807) is 55.2 Å². The Morgan fingerprint density at radius 3 is 2.04 bits per heavy atom. The minimum atomic E-state index is -0.153. The maximum atomic E-state index is 12.4. The molecule has 0 N–H and O–H groups in total. The first kappa shape index (κ1) is 31.0. The second-order valence-electron chi connectivity index (χ2n) is 10.6. The van der Waals surface area contributed by atoms with E-state index in [1.807, 2.05) is 19.1 Å². The van der Waals surface area contributed by atoms with Crippen LogP contribution in [0.25, 0.3) is 0 Å². The summed E-state index contributed by atoms with van der Waals surface area (Å²) in [5.74, 6) is 2.73. The maximum absolute atomic E-state index is 12.4. The lowest BCUT2D eigenvalue weighted by Gasteiger charge is -2.20. The Kier molecular flexibility index (Phi) is 10.9. The van der Waals surface area contributed by atoms with E-state index in [4.69, 9.17) is 9.47 Å². The van der Waals surface area contributed by atoms with Crippen molar-refractivity contribution in [3.05, 3.63) is 115 Å². The second-order valence-corrected chi connectivity index (χ2v) is 10.6. The number of ether oxygens (including phenoxy) is 2. The average molecular weight is 604 g/mol. The molecule has 5 aromatic rings. The molecule has 5 aromatic heterocycles. The molecule has 0 unspecified atom stereocenters. The highest BCUT2D eigenvalue weighted by Crippen LogP contribution is 2.28. The summed E-state index contributed by atoms with van der Waals surface area (Å²) in [6.45, 7) is 1.83. The van der Waals surface area contributed by atoms with Crippen LogP contribution in [0.5, 0.6) is 23.0 Å². The molecule has 6 rings (SSSR count). The van der Waals surface area contributed by atoms with Gasteiger partial charge in [0.1, 0.15) is 35.0 Å². The number of hydrogen-bond donors (Lipinski definition) is 0. The summed E-state index contributed by atoms with van der Waals surface area (Å²) in [4.78, 5) is 53.0. The van der Waals surface area contributed by atoms with Gasteiger partial charge in [-0.3, -0.25) is 34.5 Å². The number of hydrogen-bond acceptors (Lipinski definition) is 11. The number of carbonyl (C=O) groups excluding carboxylic acids is 2. The molecule has 1 aliphatic rings. The summed E-state index contributed by atoms with van der Waals surface area (Å²) >= 11 is 0. The number of Topliss-reactive ketones (excluding diaryl/α,β-unsaturated/α-hetero) is 2. The Bertz CT molecular complexity index is 1700. The van der Waals surface area contributed by atoms with Crippen molar-refractivity contribution in [3.8, 4) is 23.0 Å². The molecular formula is C34H33N7O4. The number of carbonyl (C=O) groups is 2. The van der Waals surface area contributed by atoms with E-state index < -0.39 is 0 Å². The lowest BCUT2D eigenvalue weighted by molar-refractivity contribution is 0.0943. The Morgan fingerprint density at radius 2 is 1.38 bits per heavy atom. The highest BCUT2D eigenvalue weighted by Gasteiger charge is 2.19. The van der Waals surface area contributed by atoms with Crippen LogP contribution in [-0.4, -0.2) is 46.5 Å². The normalized spacial score (nSPS) is 12.8. The third-order valence-corrected chi connectivity index (χ3v) is 7.02. The Balaban J connectivity index is 0.000000178. The van der Waals surface area contributed by atoms with E-state index in [0.29, 0.717) is 52.4 Å². The molecule has 45 heavy (non-hydrogen) atoms.